The molecular weight excluding hydrogens is 738 g/mol. The van der Waals surface area contributed by atoms with E-state index in [1.165, 1.54) is 23.8 Å². The topological polar surface area (TPSA) is 97.6 Å². The molecule has 0 unspecified atom stereocenters. The van der Waals surface area contributed by atoms with Crippen LogP contribution in [0.3, 0.4) is 0 Å². The Morgan fingerprint density at radius 2 is 1.63 bits per heavy atom. The van der Waals surface area contributed by atoms with Crippen molar-refractivity contribution < 1.29 is 19.1 Å². The number of carbonyl (C=O) groups is 3. The average molecular weight is 776 g/mol. The van der Waals surface area contributed by atoms with Crippen molar-refractivity contribution in [1.82, 2.24) is 24.3 Å². The Hall–Kier alpha value is -2.76. The van der Waals surface area contributed by atoms with Gasteiger partial charge in [-0.2, -0.15) is 0 Å². The summed E-state index contributed by atoms with van der Waals surface area (Å²) in [6.45, 7) is 2.95. The van der Waals surface area contributed by atoms with Crippen molar-refractivity contribution in [3.63, 3.8) is 0 Å². The highest BCUT2D eigenvalue weighted by Crippen LogP contribution is 2.46. The largest absolute Gasteiger partial charge is 0.469 e. The molecule has 0 bridgehead atoms. The van der Waals surface area contributed by atoms with Crippen LogP contribution < -0.4 is 0 Å². The van der Waals surface area contributed by atoms with Gasteiger partial charge in [-0.05, 0) is 101 Å². The summed E-state index contributed by atoms with van der Waals surface area (Å²) in [4.78, 5) is 50.9. The van der Waals surface area contributed by atoms with E-state index in [4.69, 9.17) is 16.6 Å². The first-order valence-corrected chi connectivity index (χ1v) is 17.9. The lowest BCUT2D eigenvalue weighted by molar-refractivity contribution is -0.140. The molecule has 2 aliphatic heterocycles. The monoisotopic (exact) mass is 773 g/mol. The number of nitrogens with zero attached hydrogens (tertiary/aromatic N) is 5. The number of hydrogen-bond acceptors (Lipinski definition) is 6. The Labute approximate surface area is 291 Å². The van der Waals surface area contributed by atoms with Crippen LogP contribution in [-0.4, -0.2) is 75.4 Å². The van der Waals surface area contributed by atoms with E-state index in [9.17, 15) is 14.4 Å². The molecule has 0 saturated carbocycles. The zero-order chi connectivity index (χ0) is 32.4. The number of benzene rings is 1. The molecule has 2 saturated heterocycles. The molecule has 0 spiro atoms. The van der Waals surface area contributed by atoms with Crippen LogP contribution in [0.1, 0.15) is 66.1 Å². The molecule has 1 aromatic carbocycles. The summed E-state index contributed by atoms with van der Waals surface area (Å²) in [6, 6.07) is 6.31. The number of imidazole rings is 1. The number of aryl methyl sites for hydroxylation is 2. The summed E-state index contributed by atoms with van der Waals surface area (Å²) in [5, 5.41) is 0.740. The number of carbonyl (C=O) groups excluding carboxylic acids is 3. The van der Waals surface area contributed by atoms with Gasteiger partial charge >= 0.3 is 5.97 Å². The Kier molecular flexibility index (Phi) is 10.5. The lowest BCUT2D eigenvalue weighted by Crippen LogP contribution is -2.43. The highest BCUT2D eigenvalue weighted by molar-refractivity contribution is 9.10. The van der Waals surface area contributed by atoms with Gasteiger partial charge in [-0.3, -0.25) is 19.4 Å². The zero-order valence-corrected chi connectivity index (χ0v) is 29.8. The van der Waals surface area contributed by atoms with Gasteiger partial charge in [0.25, 0.3) is 0 Å². The fourth-order valence-corrected chi connectivity index (χ4v) is 8.83. The maximum absolute atomic E-state index is 13.4. The number of methoxy groups -OCH3 is 1. The van der Waals surface area contributed by atoms with Gasteiger partial charge in [0.1, 0.15) is 6.54 Å². The summed E-state index contributed by atoms with van der Waals surface area (Å²) in [7, 11) is 1.34. The summed E-state index contributed by atoms with van der Waals surface area (Å²) in [5.74, 6) is 0.666. The van der Waals surface area contributed by atoms with E-state index in [0.717, 1.165) is 71.3 Å². The Bertz CT molecular complexity index is 1610. The minimum atomic E-state index is -0.362. The molecule has 9 nitrogen and oxygen atoms in total. The fraction of sp³-hybridized carbons (Fsp3) is 0.500. The number of pyridine rings is 1. The molecular formula is C34H38Br2ClN5O4. The van der Waals surface area contributed by atoms with Gasteiger partial charge in [-0.1, -0.05) is 27.5 Å². The molecule has 4 heterocycles. The molecule has 1 aliphatic carbocycles. The predicted molar refractivity (Wildman–Crippen MR) is 182 cm³/mol. The van der Waals surface area contributed by atoms with Gasteiger partial charge < -0.3 is 19.1 Å². The van der Waals surface area contributed by atoms with E-state index in [2.05, 4.69) is 53.7 Å². The highest BCUT2D eigenvalue weighted by atomic mass is 79.9. The molecule has 46 heavy (non-hydrogen) atoms. The van der Waals surface area contributed by atoms with Gasteiger partial charge in [-0.15, -0.1) is 0 Å². The Morgan fingerprint density at radius 1 is 0.935 bits per heavy atom. The van der Waals surface area contributed by atoms with Crippen LogP contribution in [0.25, 0.3) is 0 Å². The van der Waals surface area contributed by atoms with Crippen molar-refractivity contribution in [1.29, 1.82) is 0 Å². The van der Waals surface area contributed by atoms with Crippen LogP contribution >= 0.6 is 43.5 Å². The summed E-state index contributed by atoms with van der Waals surface area (Å²) in [5.41, 5.74) is 5.56. The second-order valence-electron chi connectivity index (χ2n) is 12.7. The molecule has 0 radical (unpaired) electrons. The van der Waals surface area contributed by atoms with E-state index in [-0.39, 0.29) is 42.6 Å². The van der Waals surface area contributed by atoms with Gasteiger partial charge in [0, 0.05) is 64.9 Å². The van der Waals surface area contributed by atoms with E-state index in [0.29, 0.717) is 31.1 Å². The minimum absolute atomic E-state index is 0.0197. The summed E-state index contributed by atoms with van der Waals surface area (Å²) in [6.07, 6.45) is 11.1. The second-order valence-corrected chi connectivity index (χ2v) is 14.9. The number of amides is 2. The second kappa shape index (κ2) is 14.6. The molecule has 2 aromatic heterocycles. The third-order valence-electron chi connectivity index (χ3n) is 9.77. The standard InChI is InChI=1S/C34H38Br2ClN5O4/c1-46-31(45)16-27-18-40(20-39-27)19-30(44)42-8-4-21(5-9-42)12-29(43)41-10-6-22(7-11-41)33-32-23(14-26(37)15-28(32)36)2-3-24-13-25(35)17-38-34(24)33/h13-15,17-18,20-22,33H,2-12,16,19H2,1H3/t33-/m1/s1. The van der Waals surface area contributed by atoms with E-state index >= 15 is 0 Å². The first-order chi connectivity index (χ1) is 22.2. The molecule has 2 fully saturated rings. The zero-order valence-electron chi connectivity index (χ0n) is 25.9. The summed E-state index contributed by atoms with van der Waals surface area (Å²) >= 11 is 13.9. The SMILES string of the molecule is COC(=O)Cc1cn(CC(=O)N2CCC(CC(=O)N3CCC([C@H]4c5ncc(Br)cc5CCc5cc(Cl)cc(Br)c54)CC3)CC2)cn1. The molecule has 2 amide bonds. The molecule has 3 aromatic rings. The van der Waals surface area contributed by atoms with Crippen LogP contribution in [0.2, 0.25) is 5.02 Å². The fourth-order valence-electron chi connectivity index (χ4n) is 7.34. The van der Waals surface area contributed by atoms with Crippen LogP contribution in [0.5, 0.6) is 0 Å². The van der Waals surface area contributed by atoms with Crippen LogP contribution in [0.15, 0.2) is 45.9 Å². The number of rotatable bonds is 7. The van der Waals surface area contributed by atoms with Crippen molar-refractivity contribution >= 4 is 61.2 Å². The molecule has 1 atom stereocenters. The lowest BCUT2D eigenvalue weighted by atomic mass is 9.76. The number of ether oxygens (including phenoxy) is 1. The maximum atomic E-state index is 13.4. The van der Waals surface area contributed by atoms with Gasteiger partial charge in [0.2, 0.25) is 11.8 Å². The van der Waals surface area contributed by atoms with Gasteiger partial charge in [0.15, 0.2) is 0 Å². The molecule has 12 heteroatoms. The average Bonchev–Trinajstić information content (AvgIpc) is 3.41. The van der Waals surface area contributed by atoms with Crippen molar-refractivity contribution in [3.05, 3.63) is 79.0 Å². The smallest absolute Gasteiger partial charge is 0.311 e. The van der Waals surface area contributed by atoms with E-state index < -0.39 is 0 Å². The van der Waals surface area contributed by atoms with Crippen LogP contribution in [0, 0.1) is 11.8 Å². The van der Waals surface area contributed by atoms with Gasteiger partial charge in [-0.25, -0.2) is 4.98 Å². The normalized spacial score (nSPS) is 18.9. The van der Waals surface area contributed by atoms with Crippen molar-refractivity contribution in [2.75, 3.05) is 33.3 Å². The molecule has 0 N–H and O–H groups in total. The quantitative estimate of drug-likeness (QED) is 0.275. The molecule has 3 aliphatic rings. The summed E-state index contributed by atoms with van der Waals surface area (Å²) < 4.78 is 8.42. The minimum Gasteiger partial charge on any atom is -0.469 e. The van der Waals surface area contributed by atoms with Crippen molar-refractivity contribution in [3.8, 4) is 0 Å². The molecule has 244 valence electrons. The maximum Gasteiger partial charge on any atom is 0.311 e. The number of esters is 1. The molecule has 6 rings (SSSR count). The number of likely N-dealkylation sites (tertiary alicyclic amines) is 2. The number of piperidine rings is 2. The number of hydrogen-bond donors (Lipinski definition) is 0. The number of aromatic nitrogens is 3. The van der Waals surface area contributed by atoms with Crippen molar-refractivity contribution in [2.24, 2.45) is 11.8 Å². The third kappa shape index (κ3) is 7.52. The lowest BCUT2D eigenvalue weighted by Gasteiger charge is -2.38. The number of fused-ring (bicyclic) bond motifs is 2. The Balaban J connectivity index is 1.02. The predicted octanol–water partition coefficient (Wildman–Crippen LogP) is 5.97. The van der Waals surface area contributed by atoms with Crippen LogP contribution in [-0.2, 0) is 44.9 Å². The number of halogens is 3. The Morgan fingerprint density at radius 3 is 2.37 bits per heavy atom. The van der Waals surface area contributed by atoms with Gasteiger partial charge in [0.05, 0.1) is 31.2 Å². The van der Waals surface area contributed by atoms with Crippen LogP contribution in [0.4, 0.5) is 0 Å². The van der Waals surface area contributed by atoms with E-state index in [1.54, 1.807) is 17.1 Å². The first-order valence-electron chi connectivity index (χ1n) is 15.9. The van der Waals surface area contributed by atoms with E-state index in [1.807, 2.05) is 22.1 Å². The highest BCUT2D eigenvalue weighted by Gasteiger charge is 2.37. The first kappa shape index (κ1) is 33.2. The van der Waals surface area contributed by atoms with Crippen molar-refractivity contribution in [2.45, 2.75) is 63.8 Å². The third-order valence-corrected chi connectivity index (χ3v) is 11.1.